The van der Waals surface area contributed by atoms with E-state index in [0.717, 1.165) is 27.8 Å². The fraction of sp³-hybridized carbons (Fsp3) is 0.348. The van der Waals surface area contributed by atoms with Gasteiger partial charge in [-0.15, -0.1) is 10.2 Å². The Morgan fingerprint density at radius 2 is 1.73 bits per heavy atom. The highest BCUT2D eigenvalue weighted by molar-refractivity contribution is 6.30. The van der Waals surface area contributed by atoms with Gasteiger partial charge in [0.25, 0.3) is 0 Å². The molecule has 0 saturated carbocycles. The molecule has 3 aromatic rings. The van der Waals surface area contributed by atoms with E-state index in [1.165, 1.54) is 0 Å². The van der Waals surface area contributed by atoms with Crippen molar-refractivity contribution >= 4 is 34.1 Å². The zero-order chi connectivity index (χ0) is 21.5. The largest absolute Gasteiger partial charge is 0.351 e. The molecule has 0 aliphatic carbocycles. The van der Waals surface area contributed by atoms with Crippen molar-refractivity contribution in [3.63, 3.8) is 0 Å². The van der Waals surface area contributed by atoms with Crippen LogP contribution in [-0.4, -0.2) is 52.2 Å². The number of amides is 1. The summed E-state index contributed by atoms with van der Waals surface area (Å²) in [4.78, 5) is 16.7. The lowest BCUT2D eigenvalue weighted by molar-refractivity contribution is -0.138. The van der Waals surface area contributed by atoms with Gasteiger partial charge in [-0.05, 0) is 32.9 Å². The maximum atomic E-state index is 12.7. The van der Waals surface area contributed by atoms with Crippen molar-refractivity contribution in [1.82, 2.24) is 15.1 Å². The minimum atomic E-state index is -0.872. The molecule has 156 valence electrons. The first-order chi connectivity index (χ1) is 14.3. The third kappa shape index (κ3) is 3.85. The van der Waals surface area contributed by atoms with Crippen LogP contribution in [0.5, 0.6) is 0 Å². The van der Waals surface area contributed by atoms with E-state index in [-0.39, 0.29) is 11.9 Å². The second-order valence-corrected chi connectivity index (χ2v) is 8.88. The monoisotopic (exact) mass is 423 g/mol. The number of carbonyl (C=O) groups is 1. The molecular weight excluding hydrogens is 398 g/mol. The SMILES string of the molecule is C[C@H]1CN(c2nnc(-c3ccc(Cl)cc3)c3ccccc23)CCN1C(=O)C(C)(C)N. The van der Waals surface area contributed by atoms with Crippen LogP contribution in [0, 0.1) is 0 Å². The summed E-state index contributed by atoms with van der Waals surface area (Å²) in [6.07, 6.45) is 0. The number of benzene rings is 2. The van der Waals surface area contributed by atoms with Crippen LogP contribution in [0.2, 0.25) is 5.02 Å². The standard InChI is InChI=1S/C23H26ClN5O/c1-15-14-28(12-13-29(15)22(30)23(2,3)25)21-19-7-5-4-6-18(19)20(26-27-21)16-8-10-17(24)11-9-16/h4-11,15H,12-14,25H2,1-3H3/t15-/m0/s1. The first-order valence-electron chi connectivity index (χ1n) is 10.1. The Bertz CT molecular complexity index is 1080. The van der Waals surface area contributed by atoms with Gasteiger partial charge in [-0.2, -0.15) is 0 Å². The predicted octanol–water partition coefficient (Wildman–Crippen LogP) is 3.72. The molecule has 0 unspecified atom stereocenters. The Morgan fingerprint density at radius 1 is 1.07 bits per heavy atom. The number of nitrogens with zero attached hydrogens (tertiary/aromatic N) is 4. The quantitative estimate of drug-likeness (QED) is 0.694. The van der Waals surface area contributed by atoms with E-state index in [2.05, 4.69) is 27.2 Å². The van der Waals surface area contributed by atoms with Crippen molar-refractivity contribution in [2.45, 2.75) is 32.4 Å². The first kappa shape index (κ1) is 20.6. The Balaban J connectivity index is 1.67. The maximum absolute atomic E-state index is 12.7. The smallest absolute Gasteiger partial charge is 0.242 e. The van der Waals surface area contributed by atoms with Crippen molar-refractivity contribution in [2.75, 3.05) is 24.5 Å². The van der Waals surface area contributed by atoms with E-state index in [9.17, 15) is 4.79 Å². The summed E-state index contributed by atoms with van der Waals surface area (Å²) in [6.45, 7) is 7.53. The van der Waals surface area contributed by atoms with Gasteiger partial charge in [0.2, 0.25) is 5.91 Å². The number of hydrogen-bond donors (Lipinski definition) is 1. The van der Waals surface area contributed by atoms with E-state index < -0.39 is 5.54 Å². The van der Waals surface area contributed by atoms with E-state index in [1.807, 2.05) is 48.2 Å². The average molecular weight is 424 g/mol. The molecule has 1 saturated heterocycles. The van der Waals surface area contributed by atoms with Gasteiger partial charge < -0.3 is 15.5 Å². The highest BCUT2D eigenvalue weighted by atomic mass is 35.5. The lowest BCUT2D eigenvalue weighted by Gasteiger charge is -2.42. The molecule has 4 rings (SSSR count). The lowest BCUT2D eigenvalue weighted by Crippen LogP contribution is -2.60. The van der Waals surface area contributed by atoms with Gasteiger partial charge in [0.05, 0.1) is 5.54 Å². The fourth-order valence-electron chi connectivity index (χ4n) is 3.97. The molecule has 1 aliphatic rings. The molecule has 1 fully saturated rings. The van der Waals surface area contributed by atoms with E-state index >= 15 is 0 Å². The number of piperazine rings is 1. The zero-order valence-corrected chi connectivity index (χ0v) is 18.2. The fourth-order valence-corrected chi connectivity index (χ4v) is 4.09. The summed E-state index contributed by atoms with van der Waals surface area (Å²) in [5.74, 6) is 0.818. The Labute approximate surface area is 181 Å². The number of carbonyl (C=O) groups excluding carboxylic acids is 1. The molecular formula is C23H26ClN5O. The Morgan fingerprint density at radius 3 is 2.37 bits per heavy atom. The molecule has 0 bridgehead atoms. The summed E-state index contributed by atoms with van der Waals surface area (Å²) in [6, 6.07) is 15.8. The van der Waals surface area contributed by atoms with Crippen LogP contribution in [0.15, 0.2) is 48.5 Å². The molecule has 0 spiro atoms. The molecule has 0 radical (unpaired) electrons. The van der Waals surface area contributed by atoms with E-state index in [1.54, 1.807) is 13.8 Å². The van der Waals surface area contributed by atoms with Crippen LogP contribution in [0.3, 0.4) is 0 Å². The van der Waals surface area contributed by atoms with Crippen LogP contribution >= 0.6 is 11.6 Å². The molecule has 30 heavy (non-hydrogen) atoms. The molecule has 1 aromatic heterocycles. The summed E-state index contributed by atoms with van der Waals surface area (Å²) in [5.41, 5.74) is 6.97. The van der Waals surface area contributed by atoms with Gasteiger partial charge in [-0.25, -0.2) is 0 Å². The van der Waals surface area contributed by atoms with Crippen LogP contribution in [0.1, 0.15) is 20.8 Å². The summed E-state index contributed by atoms with van der Waals surface area (Å²) in [5, 5.41) is 11.9. The van der Waals surface area contributed by atoms with Crippen molar-refractivity contribution in [1.29, 1.82) is 0 Å². The minimum Gasteiger partial charge on any atom is -0.351 e. The molecule has 1 aliphatic heterocycles. The van der Waals surface area contributed by atoms with Gasteiger partial charge in [0.1, 0.15) is 5.69 Å². The van der Waals surface area contributed by atoms with Crippen molar-refractivity contribution in [2.24, 2.45) is 5.73 Å². The van der Waals surface area contributed by atoms with Crippen LogP contribution in [-0.2, 0) is 4.79 Å². The Hall–Kier alpha value is -2.70. The second-order valence-electron chi connectivity index (χ2n) is 8.44. The first-order valence-corrected chi connectivity index (χ1v) is 10.5. The molecule has 1 amide bonds. The van der Waals surface area contributed by atoms with Crippen molar-refractivity contribution in [3.8, 4) is 11.3 Å². The third-order valence-corrected chi connectivity index (χ3v) is 5.78. The van der Waals surface area contributed by atoms with Gasteiger partial charge in [-0.1, -0.05) is 48.0 Å². The molecule has 2 aromatic carbocycles. The molecule has 2 heterocycles. The normalized spacial score (nSPS) is 17.4. The second kappa shape index (κ2) is 7.85. The van der Waals surface area contributed by atoms with Gasteiger partial charge in [0.15, 0.2) is 5.82 Å². The summed E-state index contributed by atoms with van der Waals surface area (Å²) >= 11 is 6.04. The van der Waals surface area contributed by atoms with Crippen molar-refractivity contribution in [3.05, 3.63) is 53.6 Å². The van der Waals surface area contributed by atoms with Gasteiger partial charge in [0, 0.05) is 47.0 Å². The highest BCUT2D eigenvalue weighted by Crippen LogP contribution is 2.32. The zero-order valence-electron chi connectivity index (χ0n) is 17.5. The van der Waals surface area contributed by atoms with Crippen LogP contribution in [0.25, 0.3) is 22.0 Å². The number of hydrogen-bond acceptors (Lipinski definition) is 5. The number of rotatable bonds is 3. The molecule has 1 atom stereocenters. The average Bonchev–Trinajstić information content (AvgIpc) is 2.72. The number of anilines is 1. The summed E-state index contributed by atoms with van der Waals surface area (Å²) in [7, 11) is 0. The molecule has 7 heteroatoms. The highest BCUT2D eigenvalue weighted by Gasteiger charge is 2.35. The van der Waals surface area contributed by atoms with E-state index in [0.29, 0.717) is 24.7 Å². The number of fused-ring (bicyclic) bond motifs is 1. The molecule has 2 N–H and O–H groups in total. The maximum Gasteiger partial charge on any atom is 0.242 e. The molecule has 6 nitrogen and oxygen atoms in total. The van der Waals surface area contributed by atoms with Crippen molar-refractivity contribution < 1.29 is 4.79 Å². The Kier molecular flexibility index (Phi) is 5.38. The minimum absolute atomic E-state index is 0.0244. The third-order valence-electron chi connectivity index (χ3n) is 5.52. The van der Waals surface area contributed by atoms with Gasteiger partial charge in [-0.3, -0.25) is 4.79 Å². The lowest BCUT2D eigenvalue weighted by atomic mass is 10.0. The van der Waals surface area contributed by atoms with Gasteiger partial charge >= 0.3 is 0 Å². The van der Waals surface area contributed by atoms with Crippen LogP contribution in [0.4, 0.5) is 5.82 Å². The van der Waals surface area contributed by atoms with E-state index in [4.69, 9.17) is 17.3 Å². The number of nitrogens with two attached hydrogens (primary N) is 1. The predicted molar refractivity (Wildman–Crippen MR) is 122 cm³/mol. The topological polar surface area (TPSA) is 75.4 Å². The number of halogens is 1. The number of aromatic nitrogens is 2. The summed E-state index contributed by atoms with van der Waals surface area (Å²) < 4.78 is 0. The van der Waals surface area contributed by atoms with Crippen LogP contribution < -0.4 is 10.6 Å².